The number of anilines is 2. The lowest BCUT2D eigenvalue weighted by molar-refractivity contribution is -0.116. The fourth-order valence-electron chi connectivity index (χ4n) is 1.37. The summed E-state index contributed by atoms with van der Waals surface area (Å²) < 4.78 is 1.44. The summed E-state index contributed by atoms with van der Waals surface area (Å²) in [5, 5.41) is 4.28. The number of carbonyl (C=O) groups is 1. The molecule has 1 amide bonds. The van der Waals surface area contributed by atoms with Gasteiger partial charge in [-0.05, 0) is 0 Å². The minimum atomic E-state index is -0.145. The molecule has 7 nitrogen and oxygen atoms in total. The maximum absolute atomic E-state index is 11.3. The summed E-state index contributed by atoms with van der Waals surface area (Å²) >= 11 is 5.98. The summed E-state index contributed by atoms with van der Waals surface area (Å²) in [4.78, 5) is 20.4. The molecule has 0 aliphatic rings. The third-order valence-corrected chi connectivity index (χ3v) is 2.72. The van der Waals surface area contributed by atoms with Crippen LogP contribution >= 0.6 is 11.6 Å². The van der Waals surface area contributed by atoms with Gasteiger partial charge in [-0.1, -0.05) is 11.6 Å². The van der Waals surface area contributed by atoms with Gasteiger partial charge in [-0.3, -0.25) is 4.79 Å². The second-order valence-corrected chi connectivity index (χ2v) is 3.98. The van der Waals surface area contributed by atoms with Crippen LogP contribution in [0, 0.1) is 0 Å². The van der Waals surface area contributed by atoms with Crippen molar-refractivity contribution in [2.45, 2.75) is 6.92 Å². The number of nitrogens with zero attached hydrogens (tertiary/aromatic N) is 5. The zero-order chi connectivity index (χ0) is 13.3. The van der Waals surface area contributed by atoms with E-state index in [1.165, 1.54) is 29.0 Å². The van der Waals surface area contributed by atoms with Crippen LogP contribution in [0.1, 0.15) is 6.92 Å². The molecule has 2 rings (SSSR count). The van der Waals surface area contributed by atoms with Crippen molar-refractivity contribution >= 4 is 29.0 Å². The van der Waals surface area contributed by atoms with Crippen molar-refractivity contribution in [1.82, 2.24) is 19.7 Å². The van der Waals surface area contributed by atoms with E-state index in [0.717, 1.165) is 0 Å². The number of halogens is 1. The number of nitrogen functional groups attached to an aromatic ring is 1. The Morgan fingerprint density at radius 3 is 2.89 bits per heavy atom. The minimum absolute atomic E-state index is 0.145. The van der Waals surface area contributed by atoms with Crippen LogP contribution in [0.2, 0.25) is 5.15 Å². The van der Waals surface area contributed by atoms with E-state index in [1.54, 1.807) is 13.2 Å². The van der Waals surface area contributed by atoms with Gasteiger partial charge in [0, 0.05) is 14.0 Å². The Morgan fingerprint density at radius 2 is 2.28 bits per heavy atom. The fourth-order valence-corrected chi connectivity index (χ4v) is 1.63. The summed E-state index contributed by atoms with van der Waals surface area (Å²) in [5.41, 5.74) is 6.71. The van der Waals surface area contributed by atoms with Crippen molar-refractivity contribution in [1.29, 1.82) is 0 Å². The van der Waals surface area contributed by atoms with E-state index in [9.17, 15) is 4.79 Å². The summed E-state index contributed by atoms with van der Waals surface area (Å²) in [7, 11) is 1.61. The first-order valence-corrected chi connectivity index (χ1v) is 5.44. The van der Waals surface area contributed by atoms with E-state index < -0.39 is 0 Å². The quantitative estimate of drug-likeness (QED) is 0.871. The zero-order valence-electron chi connectivity index (χ0n) is 9.83. The fraction of sp³-hybridized carbons (Fsp3) is 0.200. The van der Waals surface area contributed by atoms with Gasteiger partial charge in [0.25, 0.3) is 0 Å². The average molecular weight is 267 g/mol. The maximum atomic E-state index is 11.3. The molecule has 0 saturated heterocycles. The van der Waals surface area contributed by atoms with Gasteiger partial charge in [0.2, 0.25) is 5.91 Å². The molecule has 0 spiro atoms. The molecule has 0 aliphatic heterocycles. The number of hydrogen-bond donors (Lipinski definition) is 1. The normalized spacial score (nSPS) is 10.4. The molecule has 8 heteroatoms. The van der Waals surface area contributed by atoms with Crippen LogP contribution in [0.25, 0.3) is 5.69 Å². The molecule has 2 aromatic heterocycles. The van der Waals surface area contributed by atoms with Gasteiger partial charge in [-0.25, -0.2) is 14.6 Å². The monoisotopic (exact) mass is 266 g/mol. The first-order valence-electron chi connectivity index (χ1n) is 5.06. The second-order valence-electron chi connectivity index (χ2n) is 3.62. The molecule has 0 bridgehead atoms. The van der Waals surface area contributed by atoms with Gasteiger partial charge >= 0.3 is 0 Å². The highest BCUT2D eigenvalue weighted by molar-refractivity contribution is 6.32. The number of nitrogens with two attached hydrogens (primary N) is 1. The number of amides is 1. The van der Waals surface area contributed by atoms with E-state index in [-0.39, 0.29) is 16.9 Å². The molecular weight excluding hydrogens is 256 g/mol. The molecule has 0 unspecified atom stereocenters. The predicted molar refractivity (Wildman–Crippen MR) is 67.7 cm³/mol. The van der Waals surface area contributed by atoms with E-state index in [1.807, 2.05) is 0 Å². The van der Waals surface area contributed by atoms with Crippen LogP contribution in [-0.4, -0.2) is 32.7 Å². The van der Waals surface area contributed by atoms with Crippen molar-refractivity contribution in [2.24, 2.45) is 0 Å². The van der Waals surface area contributed by atoms with Crippen LogP contribution in [0.15, 0.2) is 18.7 Å². The Kier molecular flexibility index (Phi) is 3.15. The van der Waals surface area contributed by atoms with Gasteiger partial charge < -0.3 is 10.6 Å². The van der Waals surface area contributed by atoms with Crippen LogP contribution in [0.3, 0.4) is 0 Å². The van der Waals surface area contributed by atoms with Gasteiger partial charge in [-0.15, -0.1) is 0 Å². The smallest absolute Gasteiger partial charge is 0.223 e. The summed E-state index contributed by atoms with van der Waals surface area (Å²) in [6.45, 7) is 1.44. The van der Waals surface area contributed by atoms with Gasteiger partial charge in [0.1, 0.15) is 17.7 Å². The number of carbonyl (C=O) groups excluding carboxylic acids is 1. The van der Waals surface area contributed by atoms with E-state index in [2.05, 4.69) is 15.1 Å². The number of rotatable bonds is 2. The highest BCUT2D eigenvalue weighted by Gasteiger charge is 2.16. The van der Waals surface area contributed by atoms with Gasteiger partial charge in [-0.2, -0.15) is 5.10 Å². The van der Waals surface area contributed by atoms with Crippen LogP contribution in [0.5, 0.6) is 0 Å². The van der Waals surface area contributed by atoms with Gasteiger partial charge in [0.05, 0.1) is 12.4 Å². The first-order chi connectivity index (χ1) is 8.50. The minimum Gasteiger partial charge on any atom is -0.382 e. The molecule has 0 saturated carbocycles. The third kappa shape index (κ3) is 2.12. The molecule has 0 aliphatic carbocycles. The molecule has 0 fully saturated rings. The Labute approximate surface area is 108 Å². The largest absolute Gasteiger partial charge is 0.382 e. The number of aromatic nitrogens is 4. The lowest BCUT2D eigenvalue weighted by Gasteiger charge is -2.11. The Bertz CT molecular complexity index is 596. The first kappa shape index (κ1) is 12.3. The average Bonchev–Trinajstić information content (AvgIpc) is 2.70. The zero-order valence-corrected chi connectivity index (χ0v) is 10.6. The highest BCUT2D eigenvalue weighted by atomic mass is 35.5. The highest BCUT2D eigenvalue weighted by Crippen LogP contribution is 2.25. The van der Waals surface area contributed by atoms with Crippen LogP contribution in [-0.2, 0) is 4.79 Å². The molecule has 94 valence electrons. The van der Waals surface area contributed by atoms with E-state index in [4.69, 9.17) is 17.3 Å². The SMILES string of the molecule is CC(=O)N(C)c1cn(-c2cncnc2N)nc1Cl. The molecule has 2 aromatic rings. The summed E-state index contributed by atoms with van der Waals surface area (Å²) in [6.07, 6.45) is 4.45. The molecule has 0 aromatic carbocycles. The van der Waals surface area contributed by atoms with Gasteiger partial charge in [0.15, 0.2) is 11.0 Å². The lowest BCUT2D eigenvalue weighted by atomic mass is 10.4. The van der Waals surface area contributed by atoms with Crippen molar-refractivity contribution < 1.29 is 4.79 Å². The Morgan fingerprint density at radius 1 is 1.56 bits per heavy atom. The molecule has 0 radical (unpaired) electrons. The molecule has 2 heterocycles. The topological polar surface area (TPSA) is 89.9 Å². The van der Waals surface area contributed by atoms with E-state index >= 15 is 0 Å². The molecule has 0 atom stereocenters. The van der Waals surface area contributed by atoms with Crippen molar-refractivity contribution in [3.8, 4) is 5.69 Å². The summed E-state index contributed by atoms with van der Waals surface area (Å²) in [5.74, 6) is 0.134. The van der Waals surface area contributed by atoms with Crippen LogP contribution < -0.4 is 10.6 Å². The standard InChI is InChI=1S/C10H11ClN6O/c1-6(18)16(2)8-4-17(15-9(8)11)7-3-13-5-14-10(7)12/h3-5H,1-2H3,(H2,12,13,14). The predicted octanol–water partition coefficient (Wildman–Crippen LogP) is 0.881. The van der Waals surface area contributed by atoms with Crippen molar-refractivity contribution in [3.63, 3.8) is 0 Å². The second kappa shape index (κ2) is 4.61. The van der Waals surface area contributed by atoms with Crippen molar-refractivity contribution in [3.05, 3.63) is 23.9 Å². The van der Waals surface area contributed by atoms with E-state index in [0.29, 0.717) is 11.4 Å². The van der Waals surface area contributed by atoms with Crippen molar-refractivity contribution in [2.75, 3.05) is 17.7 Å². The Balaban J connectivity index is 2.47. The molecule has 18 heavy (non-hydrogen) atoms. The summed E-state index contributed by atoms with van der Waals surface area (Å²) in [6, 6.07) is 0. The molecule has 2 N–H and O–H groups in total. The van der Waals surface area contributed by atoms with Crippen LogP contribution in [0.4, 0.5) is 11.5 Å². The lowest BCUT2D eigenvalue weighted by Crippen LogP contribution is -2.22. The molecular formula is C10H11ClN6O. The Hall–Kier alpha value is -2.15. The maximum Gasteiger partial charge on any atom is 0.223 e. The third-order valence-electron chi connectivity index (χ3n) is 2.45. The number of hydrogen-bond acceptors (Lipinski definition) is 5.